The number of para-hydroxylation sites is 1. The Morgan fingerprint density at radius 3 is 2.73 bits per heavy atom. The number of fused-ring (bicyclic) bond motifs is 1. The number of carbonyl (C=O) groups excluding carboxylic acids is 1. The van der Waals surface area contributed by atoms with Gasteiger partial charge in [0.15, 0.2) is 5.65 Å². The molecule has 1 atom stereocenters. The summed E-state index contributed by atoms with van der Waals surface area (Å²) in [7, 11) is 0. The van der Waals surface area contributed by atoms with Gasteiger partial charge in [-0.3, -0.25) is 0 Å². The van der Waals surface area contributed by atoms with Gasteiger partial charge in [-0.25, -0.2) is 14.5 Å². The van der Waals surface area contributed by atoms with E-state index in [0.717, 1.165) is 36.1 Å². The van der Waals surface area contributed by atoms with E-state index in [1.165, 1.54) is 0 Å². The number of hydrogen-bond donors (Lipinski definition) is 0. The van der Waals surface area contributed by atoms with Gasteiger partial charge in [0.2, 0.25) is 5.88 Å². The number of pyridine rings is 1. The second-order valence-electron chi connectivity index (χ2n) is 8.67. The molecular formula is C23H28N4O3. The molecule has 1 amide bonds. The van der Waals surface area contributed by atoms with E-state index < -0.39 is 5.60 Å². The lowest BCUT2D eigenvalue weighted by atomic mass is 9.99. The topological polar surface area (TPSA) is 69.5 Å². The van der Waals surface area contributed by atoms with Crippen molar-refractivity contribution in [1.82, 2.24) is 19.7 Å². The molecule has 7 heteroatoms. The van der Waals surface area contributed by atoms with Crippen molar-refractivity contribution >= 4 is 17.1 Å². The molecule has 1 aliphatic heterocycles. The molecule has 1 unspecified atom stereocenters. The molecule has 30 heavy (non-hydrogen) atoms. The lowest BCUT2D eigenvalue weighted by molar-refractivity contribution is 0.0138. The number of hydrogen-bond acceptors (Lipinski definition) is 5. The summed E-state index contributed by atoms with van der Waals surface area (Å²) >= 11 is 0. The van der Waals surface area contributed by atoms with Crippen LogP contribution in [0.5, 0.6) is 5.88 Å². The van der Waals surface area contributed by atoms with E-state index in [1.54, 1.807) is 15.8 Å². The van der Waals surface area contributed by atoms with Crippen LogP contribution in [0.4, 0.5) is 4.79 Å². The molecule has 1 saturated heterocycles. The molecule has 0 radical (unpaired) electrons. The first-order valence-corrected chi connectivity index (χ1v) is 10.4. The Kier molecular flexibility index (Phi) is 5.61. The number of likely N-dealkylation sites (tertiary alicyclic amines) is 1. The largest absolute Gasteiger partial charge is 0.476 e. The molecule has 158 valence electrons. The molecule has 1 fully saturated rings. The fraction of sp³-hybridized carbons (Fsp3) is 0.435. The minimum absolute atomic E-state index is 0.236. The van der Waals surface area contributed by atoms with Gasteiger partial charge in [-0.1, -0.05) is 18.2 Å². The summed E-state index contributed by atoms with van der Waals surface area (Å²) in [4.78, 5) is 18.7. The van der Waals surface area contributed by atoms with Crippen LogP contribution < -0.4 is 4.74 Å². The predicted molar refractivity (Wildman–Crippen MR) is 115 cm³/mol. The first-order chi connectivity index (χ1) is 14.4. The summed E-state index contributed by atoms with van der Waals surface area (Å²) < 4.78 is 13.5. The predicted octanol–water partition coefficient (Wildman–Crippen LogP) is 4.45. The minimum Gasteiger partial charge on any atom is -0.476 e. The number of aromatic nitrogens is 3. The number of piperidine rings is 1. The second kappa shape index (κ2) is 8.34. The molecule has 0 aliphatic carbocycles. The Bertz CT molecular complexity index is 1010. The molecule has 4 rings (SSSR count). The maximum Gasteiger partial charge on any atom is 0.410 e. The normalized spacial score (nSPS) is 17.2. The summed E-state index contributed by atoms with van der Waals surface area (Å²) in [6.07, 6.45) is 3.45. The number of amides is 1. The van der Waals surface area contributed by atoms with E-state index in [-0.39, 0.29) is 12.0 Å². The van der Waals surface area contributed by atoms with E-state index >= 15 is 0 Å². The Morgan fingerprint density at radius 1 is 1.17 bits per heavy atom. The maximum atomic E-state index is 12.4. The van der Waals surface area contributed by atoms with Crippen LogP contribution in [0.25, 0.3) is 16.7 Å². The molecule has 0 spiro atoms. The van der Waals surface area contributed by atoms with Crippen molar-refractivity contribution in [3.8, 4) is 11.6 Å². The van der Waals surface area contributed by atoms with Crippen LogP contribution in [-0.4, -0.2) is 51.1 Å². The average Bonchev–Trinajstić information content (AvgIpc) is 3.11. The first kappa shape index (κ1) is 20.2. The van der Waals surface area contributed by atoms with Gasteiger partial charge in [-0.2, -0.15) is 0 Å². The van der Waals surface area contributed by atoms with Crippen molar-refractivity contribution < 1.29 is 14.3 Å². The zero-order chi connectivity index (χ0) is 21.1. The van der Waals surface area contributed by atoms with E-state index in [2.05, 4.69) is 10.1 Å². The second-order valence-corrected chi connectivity index (χ2v) is 8.67. The fourth-order valence-electron chi connectivity index (χ4n) is 3.67. The van der Waals surface area contributed by atoms with Gasteiger partial charge in [-0.15, -0.1) is 5.10 Å². The average molecular weight is 409 g/mol. The highest BCUT2D eigenvalue weighted by molar-refractivity contribution is 5.82. The van der Waals surface area contributed by atoms with Gasteiger partial charge in [0.1, 0.15) is 5.60 Å². The summed E-state index contributed by atoms with van der Waals surface area (Å²) in [6.45, 7) is 7.51. The number of rotatable bonds is 4. The van der Waals surface area contributed by atoms with Crippen LogP contribution in [0, 0.1) is 5.92 Å². The SMILES string of the molecule is CC(C)(C)OC(=O)N1CCCC(COc2nn(-c3ccccc3)c3ncccc23)C1. The number of benzene rings is 1. The minimum atomic E-state index is -0.489. The van der Waals surface area contributed by atoms with Crippen LogP contribution in [0.2, 0.25) is 0 Å². The summed E-state index contributed by atoms with van der Waals surface area (Å²) in [5.74, 6) is 0.802. The van der Waals surface area contributed by atoms with Crippen LogP contribution >= 0.6 is 0 Å². The third-order valence-electron chi connectivity index (χ3n) is 5.04. The summed E-state index contributed by atoms with van der Waals surface area (Å²) in [5, 5.41) is 5.55. The molecule has 0 bridgehead atoms. The molecule has 7 nitrogen and oxygen atoms in total. The Balaban J connectivity index is 1.47. The van der Waals surface area contributed by atoms with Crippen molar-refractivity contribution in [2.24, 2.45) is 5.92 Å². The van der Waals surface area contributed by atoms with E-state index in [4.69, 9.17) is 9.47 Å². The van der Waals surface area contributed by atoms with Gasteiger partial charge >= 0.3 is 6.09 Å². The van der Waals surface area contributed by atoms with Crippen molar-refractivity contribution in [2.75, 3.05) is 19.7 Å². The Morgan fingerprint density at radius 2 is 1.97 bits per heavy atom. The smallest absolute Gasteiger partial charge is 0.410 e. The van der Waals surface area contributed by atoms with Crippen LogP contribution in [0.1, 0.15) is 33.6 Å². The van der Waals surface area contributed by atoms with Gasteiger partial charge in [-0.05, 0) is 57.9 Å². The fourth-order valence-corrected chi connectivity index (χ4v) is 3.67. The molecule has 2 aromatic heterocycles. The number of ether oxygens (including phenoxy) is 2. The lowest BCUT2D eigenvalue weighted by Crippen LogP contribution is -2.44. The van der Waals surface area contributed by atoms with E-state index in [1.807, 2.05) is 63.2 Å². The lowest BCUT2D eigenvalue weighted by Gasteiger charge is -2.33. The van der Waals surface area contributed by atoms with Gasteiger partial charge in [0.05, 0.1) is 17.7 Å². The third-order valence-corrected chi connectivity index (χ3v) is 5.04. The van der Waals surface area contributed by atoms with Crippen LogP contribution in [0.3, 0.4) is 0 Å². The van der Waals surface area contributed by atoms with Crippen molar-refractivity contribution in [3.63, 3.8) is 0 Å². The highest BCUT2D eigenvalue weighted by Crippen LogP contribution is 2.27. The third kappa shape index (κ3) is 4.56. The van der Waals surface area contributed by atoms with Crippen molar-refractivity contribution in [1.29, 1.82) is 0 Å². The van der Waals surface area contributed by atoms with Crippen LogP contribution in [-0.2, 0) is 4.74 Å². The molecule has 0 N–H and O–H groups in total. The number of carbonyl (C=O) groups is 1. The maximum absolute atomic E-state index is 12.4. The van der Waals surface area contributed by atoms with E-state index in [9.17, 15) is 4.79 Å². The molecule has 1 aromatic carbocycles. The van der Waals surface area contributed by atoms with Gasteiger partial charge < -0.3 is 14.4 Å². The zero-order valence-corrected chi connectivity index (χ0v) is 17.7. The van der Waals surface area contributed by atoms with Gasteiger partial charge in [0.25, 0.3) is 0 Å². The quantitative estimate of drug-likeness (QED) is 0.638. The van der Waals surface area contributed by atoms with Crippen molar-refractivity contribution in [3.05, 3.63) is 48.7 Å². The zero-order valence-electron chi connectivity index (χ0n) is 17.7. The standard InChI is InChI=1S/C23H28N4O3/c1-23(2,3)30-22(28)26-14-8-9-17(15-26)16-29-21-19-12-7-13-24-20(19)27(25-21)18-10-5-4-6-11-18/h4-7,10-13,17H,8-9,14-16H2,1-3H3. The highest BCUT2D eigenvalue weighted by Gasteiger charge is 2.28. The number of nitrogens with zero attached hydrogens (tertiary/aromatic N) is 4. The monoisotopic (exact) mass is 408 g/mol. The molecule has 0 saturated carbocycles. The van der Waals surface area contributed by atoms with Crippen molar-refractivity contribution in [2.45, 2.75) is 39.2 Å². The van der Waals surface area contributed by atoms with Crippen LogP contribution in [0.15, 0.2) is 48.7 Å². The highest BCUT2D eigenvalue weighted by atomic mass is 16.6. The Hall–Kier alpha value is -3.09. The molecular weight excluding hydrogens is 380 g/mol. The van der Waals surface area contributed by atoms with E-state index in [0.29, 0.717) is 19.0 Å². The summed E-state index contributed by atoms with van der Waals surface area (Å²) in [5.41, 5.74) is 1.21. The summed E-state index contributed by atoms with van der Waals surface area (Å²) in [6, 6.07) is 13.8. The molecule has 3 heterocycles. The Labute approximate surface area is 176 Å². The molecule has 3 aromatic rings. The van der Waals surface area contributed by atoms with Gasteiger partial charge in [0, 0.05) is 25.2 Å². The molecule has 1 aliphatic rings. The first-order valence-electron chi connectivity index (χ1n) is 10.4.